The van der Waals surface area contributed by atoms with Crippen molar-refractivity contribution in [3.05, 3.63) is 81.4 Å². The van der Waals surface area contributed by atoms with Crippen LogP contribution in [-0.2, 0) is 23.9 Å². The minimum Gasteiger partial charge on any atom is -0.309 e. The first-order chi connectivity index (χ1) is 14.8. The van der Waals surface area contributed by atoms with Crippen molar-refractivity contribution in [1.82, 2.24) is 14.3 Å². The van der Waals surface area contributed by atoms with E-state index in [2.05, 4.69) is 16.5 Å². The van der Waals surface area contributed by atoms with E-state index >= 15 is 0 Å². The number of hydrogen-bond donors (Lipinski definition) is 1. The monoisotopic (exact) mass is 430 g/mol. The molecule has 31 heavy (non-hydrogen) atoms. The number of halogens is 3. The molecular weight excluding hydrogens is 409 g/mol. The average molecular weight is 430 g/mol. The topological polar surface area (TPSA) is 68.9 Å². The summed E-state index contributed by atoms with van der Waals surface area (Å²) in [5.74, 6) is -0.123. The van der Waals surface area contributed by atoms with Crippen molar-refractivity contribution in [3.63, 3.8) is 0 Å². The summed E-state index contributed by atoms with van der Waals surface area (Å²) in [7, 11) is 0. The third-order valence-corrected chi connectivity index (χ3v) is 5.51. The number of aryl methyl sites for hydroxylation is 2. The van der Waals surface area contributed by atoms with Gasteiger partial charge in [0.2, 0.25) is 5.91 Å². The third kappa shape index (κ3) is 4.12. The molecular formula is C22H21F3N4O2. The highest BCUT2D eigenvalue weighted by atomic mass is 19.4. The van der Waals surface area contributed by atoms with Gasteiger partial charge in [-0.1, -0.05) is 24.3 Å². The number of amides is 1. The Balaban J connectivity index is 1.59. The standard InChI is InChI=1S/C22H21F3N4O2/c1-14-12-26-29(18-10-4-7-15-6-2-3-8-16(15)18)20(14)27-19(30)13-28-11-5-9-17(21(28)31)22(23,24)25/h2-3,5-6,8-9,11-12,18H,4,7,10,13H2,1H3,(H,27,30). The lowest BCUT2D eigenvalue weighted by atomic mass is 9.88. The van der Waals surface area contributed by atoms with Gasteiger partial charge in [-0.3, -0.25) is 9.59 Å². The summed E-state index contributed by atoms with van der Waals surface area (Å²) in [6, 6.07) is 9.84. The zero-order valence-corrected chi connectivity index (χ0v) is 16.8. The number of nitrogens with one attached hydrogen (secondary N) is 1. The Morgan fingerprint density at radius 1 is 1.23 bits per heavy atom. The van der Waals surface area contributed by atoms with E-state index < -0.39 is 29.8 Å². The number of alkyl halides is 3. The summed E-state index contributed by atoms with van der Waals surface area (Å²) in [6.45, 7) is 1.26. The highest BCUT2D eigenvalue weighted by Gasteiger charge is 2.34. The number of hydrogen-bond acceptors (Lipinski definition) is 3. The van der Waals surface area contributed by atoms with Crippen molar-refractivity contribution >= 4 is 11.7 Å². The molecule has 2 heterocycles. The molecule has 0 aliphatic heterocycles. The lowest BCUT2D eigenvalue weighted by Gasteiger charge is -2.27. The van der Waals surface area contributed by atoms with E-state index in [9.17, 15) is 22.8 Å². The van der Waals surface area contributed by atoms with Gasteiger partial charge in [0, 0.05) is 11.8 Å². The average Bonchev–Trinajstić information content (AvgIpc) is 3.08. The highest BCUT2D eigenvalue weighted by Crippen LogP contribution is 2.35. The first-order valence-electron chi connectivity index (χ1n) is 9.94. The summed E-state index contributed by atoms with van der Waals surface area (Å²) in [5, 5.41) is 7.19. The molecule has 0 radical (unpaired) electrons. The molecule has 1 atom stereocenters. The van der Waals surface area contributed by atoms with E-state index in [1.807, 2.05) is 18.2 Å². The fraction of sp³-hybridized carbons (Fsp3) is 0.318. The van der Waals surface area contributed by atoms with Crippen LogP contribution in [0.15, 0.2) is 53.6 Å². The van der Waals surface area contributed by atoms with Gasteiger partial charge >= 0.3 is 6.18 Å². The number of anilines is 1. The molecule has 1 amide bonds. The Kier molecular flexibility index (Phi) is 5.43. The van der Waals surface area contributed by atoms with Crippen molar-refractivity contribution in [1.29, 1.82) is 0 Å². The van der Waals surface area contributed by atoms with Gasteiger partial charge in [-0.25, -0.2) is 4.68 Å². The summed E-state index contributed by atoms with van der Waals surface area (Å²) in [5.41, 5.74) is 0.549. The van der Waals surface area contributed by atoms with Crippen LogP contribution in [0.25, 0.3) is 0 Å². The summed E-state index contributed by atoms with van der Waals surface area (Å²) >= 11 is 0. The lowest BCUT2D eigenvalue weighted by molar-refractivity contribution is -0.139. The maximum Gasteiger partial charge on any atom is 0.421 e. The molecule has 6 nitrogen and oxygen atoms in total. The van der Waals surface area contributed by atoms with E-state index in [1.165, 1.54) is 11.8 Å². The van der Waals surface area contributed by atoms with E-state index in [4.69, 9.17) is 0 Å². The number of fused-ring (bicyclic) bond motifs is 1. The Morgan fingerprint density at radius 2 is 2.00 bits per heavy atom. The molecule has 4 rings (SSSR count). The molecule has 1 aliphatic rings. The number of aromatic nitrogens is 3. The van der Waals surface area contributed by atoms with Gasteiger partial charge < -0.3 is 9.88 Å². The second-order valence-electron chi connectivity index (χ2n) is 7.63. The van der Waals surface area contributed by atoms with Crippen molar-refractivity contribution < 1.29 is 18.0 Å². The maximum atomic E-state index is 13.0. The van der Waals surface area contributed by atoms with Gasteiger partial charge in [-0.05, 0) is 49.4 Å². The van der Waals surface area contributed by atoms with Crippen LogP contribution < -0.4 is 10.9 Å². The second-order valence-corrected chi connectivity index (χ2v) is 7.63. The van der Waals surface area contributed by atoms with E-state index in [0.29, 0.717) is 11.9 Å². The predicted octanol–water partition coefficient (Wildman–Crippen LogP) is 3.94. The minimum absolute atomic E-state index is 0.0507. The molecule has 162 valence electrons. The quantitative estimate of drug-likeness (QED) is 0.682. The van der Waals surface area contributed by atoms with E-state index in [1.54, 1.807) is 17.8 Å². The van der Waals surface area contributed by atoms with Crippen LogP contribution in [0.4, 0.5) is 19.0 Å². The normalized spacial score (nSPS) is 16.1. The Labute approximate surface area is 176 Å². The van der Waals surface area contributed by atoms with Crippen molar-refractivity contribution in [2.75, 3.05) is 5.32 Å². The van der Waals surface area contributed by atoms with Gasteiger partial charge in [0.25, 0.3) is 5.56 Å². The number of pyridine rings is 1. The SMILES string of the molecule is Cc1cnn(C2CCCc3ccccc32)c1NC(=O)Cn1cccc(C(F)(F)F)c1=O. The second kappa shape index (κ2) is 8.05. The van der Waals surface area contributed by atoms with Crippen LogP contribution >= 0.6 is 0 Å². The van der Waals surface area contributed by atoms with Crippen molar-refractivity contribution in [2.24, 2.45) is 0 Å². The fourth-order valence-corrected chi connectivity index (χ4v) is 4.03. The van der Waals surface area contributed by atoms with Crippen molar-refractivity contribution in [3.8, 4) is 0 Å². The summed E-state index contributed by atoms with van der Waals surface area (Å²) < 4.78 is 41.4. The molecule has 0 spiro atoms. The van der Waals surface area contributed by atoms with Gasteiger partial charge in [0.05, 0.1) is 12.2 Å². The number of carbonyl (C=O) groups excluding carboxylic acids is 1. The largest absolute Gasteiger partial charge is 0.421 e. The Morgan fingerprint density at radius 3 is 2.77 bits per heavy atom. The van der Waals surface area contributed by atoms with Gasteiger partial charge in [-0.2, -0.15) is 18.3 Å². The van der Waals surface area contributed by atoms with E-state index in [0.717, 1.165) is 41.0 Å². The Bertz CT molecular complexity index is 1180. The zero-order chi connectivity index (χ0) is 22.2. The van der Waals surface area contributed by atoms with Crippen LogP contribution in [0.3, 0.4) is 0 Å². The molecule has 9 heteroatoms. The van der Waals surface area contributed by atoms with Gasteiger partial charge in [0.15, 0.2) is 0 Å². The number of carbonyl (C=O) groups is 1. The zero-order valence-electron chi connectivity index (χ0n) is 16.8. The maximum absolute atomic E-state index is 13.0. The van der Waals surface area contributed by atoms with Crippen LogP contribution in [-0.4, -0.2) is 20.3 Å². The molecule has 1 N–H and O–H groups in total. The third-order valence-electron chi connectivity index (χ3n) is 5.51. The van der Waals surface area contributed by atoms with Crippen LogP contribution in [0.1, 0.15) is 41.1 Å². The molecule has 1 unspecified atom stereocenters. The van der Waals surface area contributed by atoms with Crippen LogP contribution in [0.2, 0.25) is 0 Å². The first kappa shape index (κ1) is 20.9. The summed E-state index contributed by atoms with van der Waals surface area (Å²) in [4.78, 5) is 24.8. The number of rotatable bonds is 4. The van der Waals surface area contributed by atoms with Crippen molar-refractivity contribution in [2.45, 2.75) is 44.9 Å². The fourth-order valence-electron chi connectivity index (χ4n) is 4.03. The number of nitrogens with zero attached hydrogens (tertiary/aromatic N) is 3. The molecule has 1 aromatic carbocycles. The van der Waals surface area contributed by atoms with Crippen LogP contribution in [0.5, 0.6) is 0 Å². The van der Waals surface area contributed by atoms with Gasteiger partial charge in [0.1, 0.15) is 17.9 Å². The molecule has 0 saturated heterocycles. The van der Waals surface area contributed by atoms with E-state index in [-0.39, 0.29) is 6.04 Å². The molecule has 2 aromatic heterocycles. The molecule has 0 fully saturated rings. The minimum atomic E-state index is -4.78. The lowest BCUT2D eigenvalue weighted by Crippen LogP contribution is -2.32. The smallest absolute Gasteiger partial charge is 0.309 e. The number of benzene rings is 1. The molecule has 0 bridgehead atoms. The highest BCUT2D eigenvalue weighted by molar-refractivity contribution is 5.90. The van der Waals surface area contributed by atoms with Crippen LogP contribution in [0, 0.1) is 6.92 Å². The first-order valence-corrected chi connectivity index (χ1v) is 9.94. The Hall–Kier alpha value is -3.36. The molecule has 3 aromatic rings. The van der Waals surface area contributed by atoms with Gasteiger partial charge in [-0.15, -0.1) is 0 Å². The molecule has 1 aliphatic carbocycles. The predicted molar refractivity (Wildman–Crippen MR) is 109 cm³/mol. The summed E-state index contributed by atoms with van der Waals surface area (Å²) in [6.07, 6.45) is 0.844. The molecule has 0 saturated carbocycles.